The molecule has 1 heterocycles. The van der Waals surface area contributed by atoms with Crippen LogP contribution in [0.2, 0.25) is 0 Å². The maximum Gasteiger partial charge on any atom is 0.114 e. The van der Waals surface area contributed by atoms with Crippen LogP contribution in [0.25, 0.3) is 0 Å². The Bertz CT molecular complexity index is 229. The summed E-state index contributed by atoms with van der Waals surface area (Å²) in [6, 6.07) is 4.26. The summed E-state index contributed by atoms with van der Waals surface area (Å²) in [7, 11) is 0. The van der Waals surface area contributed by atoms with Crippen molar-refractivity contribution in [1.82, 2.24) is 0 Å². The third-order valence-electron chi connectivity index (χ3n) is 1.98. The molecule has 0 spiro atoms. The van der Waals surface area contributed by atoms with Crippen LogP contribution in [0, 0.1) is 0 Å². The molecule has 74 valence electrons. The number of unbranched alkanes of at least 4 members (excludes halogenated alkanes) is 2. The van der Waals surface area contributed by atoms with E-state index >= 15 is 0 Å². The van der Waals surface area contributed by atoms with Gasteiger partial charge in [0.25, 0.3) is 0 Å². The van der Waals surface area contributed by atoms with Crippen molar-refractivity contribution in [2.75, 3.05) is 0 Å². The molecule has 1 aromatic rings. The molecule has 0 N–H and O–H groups in total. The molecule has 0 aliphatic carbocycles. The monoisotopic (exact) mass is 324 g/mol. The first-order valence-electron chi connectivity index (χ1n) is 4.58. The molecule has 0 aliphatic rings. The maximum absolute atomic E-state index is 3.73. The Balaban J connectivity index is 2.46. The number of alkyl halides is 2. The van der Waals surface area contributed by atoms with Gasteiger partial charge in [-0.3, -0.25) is 0 Å². The quantitative estimate of drug-likeness (QED) is 0.511. The average molecular weight is 326 g/mol. The van der Waals surface area contributed by atoms with E-state index in [2.05, 4.69) is 56.3 Å². The molecule has 0 atom stereocenters. The van der Waals surface area contributed by atoms with Crippen LogP contribution in [0.4, 0.5) is 0 Å². The second kappa shape index (κ2) is 5.52. The van der Waals surface area contributed by atoms with E-state index in [0.29, 0.717) is 0 Å². The first-order valence-corrected chi connectivity index (χ1v) is 7.05. The zero-order valence-corrected chi connectivity index (χ0v) is 11.7. The molecule has 0 aromatic carbocycles. The van der Waals surface area contributed by atoms with Crippen molar-refractivity contribution in [1.29, 1.82) is 0 Å². The van der Waals surface area contributed by atoms with Gasteiger partial charge in [-0.25, -0.2) is 0 Å². The molecular weight excluding hydrogens is 312 g/mol. The van der Waals surface area contributed by atoms with Gasteiger partial charge in [0.15, 0.2) is 0 Å². The smallest absolute Gasteiger partial charge is 0.114 e. The van der Waals surface area contributed by atoms with E-state index in [1.807, 2.05) is 0 Å². The van der Waals surface area contributed by atoms with Crippen LogP contribution in [-0.4, -0.2) is 0 Å². The number of hydrogen-bond acceptors (Lipinski definition) is 1. The minimum atomic E-state index is 0.0172. The van der Waals surface area contributed by atoms with E-state index in [0.717, 1.165) is 6.42 Å². The fourth-order valence-corrected chi connectivity index (χ4v) is 3.33. The van der Waals surface area contributed by atoms with Gasteiger partial charge in [-0.2, -0.15) is 0 Å². The Hall–Kier alpha value is 0.660. The van der Waals surface area contributed by atoms with Gasteiger partial charge < -0.3 is 0 Å². The van der Waals surface area contributed by atoms with Gasteiger partial charge in [-0.05, 0) is 17.9 Å². The molecule has 0 nitrogen and oxygen atoms in total. The van der Waals surface area contributed by atoms with Crippen LogP contribution >= 0.6 is 43.2 Å². The zero-order valence-electron chi connectivity index (χ0n) is 7.72. The zero-order chi connectivity index (χ0) is 9.73. The summed E-state index contributed by atoms with van der Waals surface area (Å²) < 4.78 is 0.0172. The van der Waals surface area contributed by atoms with E-state index in [4.69, 9.17) is 0 Å². The Morgan fingerprint density at radius 2 is 2.15 bits per heavy atom. The van der Waals surface area contributed by atoms with Crippen LogP contribution in [0.15, 0.2) is 17.5 Å². The predicted molar refractivity (Wildman–Crippen MR) is 68.0 cm³/mol. The molecule has 0 saturated carbocycles. The molecule has 1 rings (SSSR count). The molecule has 3 heteroatoms. The molecule has 13 heavy (non-hydrogen) atoms. The summed E-state index contributed by atoms with van der Waals surface area (Å²) in [5.74, 6) is 0. The molecular formula is C10H14Br2S. The highest BCUT2D eigenvalue weighted by Gasteiger charge is 2.25. The topological polar surface area (TPSA) is 0 Å². The van der Waals surface area contributed by atoms with Gasteiger partial charge in [0.05, 0.1) is 0 Å². The molecule has 0 radical (unpaired) electrons. The SMILES string of the molecule is CCCCCC(Br)(Br)c1cccs1. The van der Waals surface area contributed by atoms with Crippen molar-refractivity contribution in [3.8, 4) is 0 Å². The summed E-state index contributed by atoms with van der Waals surface area (Å²) in [4.78, 5) is 1.36. The van der Waals surface area contributed by atoms with E-state index < -0.39 is 0 Å². The van der Waals surface area contributed by atoms with E-state index in [1.165, 1.54) is 24.1 Å². The number of rotatable bonds is 5. The highest BCUT2D eigenvalue weighted by atomic mass is 79.9. The molecule has 1 aromatic heterocycles. The van der Waals surface area contributed by atoms with Crippen molar-refractivity contribution < 1.29 is 0 Å². The summed E-state index contributed by atoms with van der Waals surface area (Å²) in [6.45, 7) is 2.23. The van der Waals surface area contributed by atoms with Crippen molar-refractivity contribution in [2.24, 2.45) is 0 Å². The van der Waals surface area contributed by atoms with Crippen molar-refractivity contribution in [2.45, 2.75) is 35.8 Å². The molecule has 0 unspecified atom stereocenters. The lowest BCUT2D eigenvalue weighted by Gasteiger charge is -2.18. The fraction of sp³-hybridized carbons (Fsp3) is 0.600. The number of thiophene rings is 1. The lowest BCUT2D eigenvalue weighted by atomic mass is 10.1. The standard InChI is InChI=1S/C10H14Br2S/c1-2-3-4-7-10(11,12)9-6-5-8-13-9/h5-6,8H,2-4,7H2,1H3. The fourth-order valence-electron chi connectivity index (χ4n) is 1.21. The number of hydrogen-bond donors (Lipinski definition) is 0. The second-order valence-corrected chi connectivity index (χ2v) is 7.86. The van der Waals surface area contributed by atoms with Crippen LogP contribution in [0.5, 0.6) is 0 Å². The van der Waals surface area contributed by atoms with Crippen molar-refractivity contribution in [3.05, 3.63) is 22.4 Å². The van der Waals surface area contributed by atoms with Gasteiger partial charge in [0.1, 0.15) is 3.23 Å². The third-order valence-corrected chi connectivity index (χ3v) is 5.18. The molecule has 0 amide bonds. The van der Waals surface area contributed by atoms with Crippen LogP contribution in [0.1, 0.15) is 37.5 Å². The summed E-state index contributed by atoms with van der Waals surface area (Å²) >= 11 is 9.25. The van der Waals surface area contributed by atoms with Gasteiger partial charge in [-0.15, -0.1) is 11.3 Å². The predicted octanol–water partition coefficient (Wildman–Crippen LogP) is 5.27. The van der Waals surface area contributed by atoms with Crippen LogP contribution < -0.4 is 0 Å². The summed E-state index contributed by atoms with van der Waals surface area (Å²) in [5, 5.41) is 2.12. The van der Waals surface area contributed by atoms with Gasteiger partial charge >= 0.3 is 0 Å². The largest absolute Gasteiger partial charge is 0.147 e. The van der Waals surface area contributed by atoms with Crippen LogP contribution in [-0.2, 0) is 3.23 Å². The maximum atomic E-state index is 3.73. The Labute approximate surface area is 101 Å². The Morgan fingerprint density at radius 1 is 1.38 bits per heavy atom. The van der Waals surface area contributed by atoms with E-state index in [9.17, 15) is 0 Å². The van der Waals surface area contributed by atoms with Gasteiger partial charge in [-0.1, -0.05) is 64.1 Å². The molecule has 0 fully saturated rings. The summed E-state index contributed by atoms with van der Waals surface area (Å²) in [5.41, 5.74) is 0. The highest BCUT2D eigenvalue weighted by Crippen LogP contribution is 2.44. The first-order chi connectivity index (χ1) is 6.17. The van der Waals surface area contributed by atoms with Crippen molar-refractivity contribution >= 4 is 43.2 Å². The minimum absolute atomic E-state index is 0.0172. The molecule has 0 saturated heterocycles. The third kappa shape index (κ3) is 3.72. The second-order valence-electron chi connectivity index (χ2n) is 3.14. The normalized spacial score (nSPS) is 11.9. The lowest BCUT2D eigenvalue weighted by molar-refractivity contribution is 0.652. The molecule has 0 aliphatic heterocycles. The van der Waals surface area contributed by atoms with Gasteiger partial charge in [0, 0.05) is 4.88 Å². The molecule has 0 bridgehead atoms. The highest BCUT2D eigenvalue weighted by molar-refractivity contribution is 9.24. The Kier molecular flexibility index (Phi) is 4.98. The van der Waals surface area contributed by atoms with E-state index in [1.54, 1.807) is 11.3 Å². The average Bonchev–Trinajstić information content (AvgIpc) is 2.56. The summed E-state index contributed by atoms with van der Waals surface area (Å²) in [6.07, 6.45) is 5.01. The minimum Gasteiger partial charge on any atom is -0.147 e. The van der Waals surface area contributed by atoms with E-state index in [-0.39, 0.29) is 3.23 Å². The van der Waals surface area contributed by atoms with Crippen LogP contribution in [0.3, 0.4) is 0 Å². The first kappa shape index (κ1) is 11.7. The Morgan fingerprint density at radius 3 is 2.69 bits per heavy atom. The number of halogens is 2. The van der Waals surface area contributed by atoms with Gasteiger partial charge in [0.2, 0.25) is 0 Å². The van der Waals surface area contributed by atoms with Crippen molar-refractivity contribution in [3.63, 3.8) is 0 Å². The lowest BCUT2D eigenvalue weighted by Crippen LogP contribution is -2.05.